The van der Waals surface area contributed by atoms with Crippen LogP contribution in [0, 0.1) is 43.5 Å². The van der Waals surface area contributed by atoms with Crippen molar-refractivity contribution in [1.29, 1.82) is 0 Å². The number of hydrogen-bond donors (Lipinski definition) is 0. The van der Waals surface area contributed by atoms with Gasteiger partial charge in [0.15, 0.2) is 0 Å². The first kappa shape index (κ1) is 29.1. The molecule has 4 nitrogen and oxygen atoms in total. The summed E-state index contributed by atoms with van der Waals surface area (Å²) >= 11 is 0. The molecule has 0 fully saturated rings. The predicted octanol–water partition coefficient (Wildman–Crippen LogP) is 14.7. The molecule has 1 radical (unpaired) electrons. The molecule has 0 bridgehead atoms. The fraction of sp³-hybridized carbons (Fsp3) is 0.304. The molecule has 5 heteroatoms. The van der Waals surface area contributed by atoms with Crippen LogP contribution in [-0.2, 0) is 44.6 Å². The van der Waals surface area contributed by atoms with Crippen molar-refractivity contribution in [3.63, 3.8) is 0 Å². The Labute approximate surface area is 398 Å². The van der Waals surface area contributed by atoms with Gasteiger partial charge in [0.25, 0.3) is 0 Å². The molecule has 315 valence electrons. The third kappa shape index (κ3) is 11.2. The Kier molecular flexibility index (Phi) is 8.79. The van der Waals surface area contributed by atoms with Gasteiger partial charge in [0.05, 0.1) is 5.58 Å². The summed E-state index contributed by atoms with van der Waals surface area (Å²) in [6.07, 6.45) is -2.52. The van der Waals surface area contributed by atoms with Crippen molar-refractivity contribution >= 4 is 22.1 Å². The van der Waals surface area contributed by atoms with E-state index in [4.69, 9.17) is 22.2 Å². The number of furan rings is 1. The molecule has 8 rings (SSSR count). The third-order valence-corrected chi connectivity index (χ3v) is 9.59. The van der Waals surface area contributed by atoms with E-state index in [2.05, 4.69) is 27.1 Å². The maximum absolute atomic E-state index is 9.30. The van der Waals surface area contributed by atoms with Crippen molar-refractivity contribution in [2.75, 3.05) is 0 Å². The summed E-state index contributed by atoms with van der Waals surface area (Å²) in [4.78, 5) is 13.1. The Morgan fingerprint density at radius 2 is 1.31 bits per heavy atom. The van der Waals surface area contributed by atoms with Crippen molar-refractivity contribution in [2.24, 2.45) is 10.8 Å². The minimum absolute atomic E-state index is 0. The van der Waals surface area contributed by atoms with Crippen LogP contribution in [0.2, 0.25) is 0 Å². The first-order chi connectivity index (χ1) is 34.4. The van der Waals surface area contributed by atoms with E-state index in [9.17, 15) is 2.74 Å². The molecule has 0 unspecified atom stereocenters. The monoisotopic (exact) mass is 998 g/mol. The molecule has 0 saturated heterocycles. The molecule has 0 aliphatic carbocycles. The maximum atomic E-state index is 9.30. The average Bonchev–Trinajstić information content (AvgIpc) is 3.71. The molecule has 4 aromatic heterocycles. The molecule has 0 spiro atoms. The van der Waals surface area contributed by atoms with Crippen LogP contribution in [0.4, 0.5) is 0 Å². The Morgan fingerprint density at radius 3 is 1.97 bits per heavy atom. The van der Waals surface area contributed by atoms with E-state index in [0.29, 0.717) is 55.6 Å². The van der Waals surface area contributed by atoms with Crippen LogP contribution in [0.3, 0.4) is 0 Å². The number of aromatic nitrogens is 3. The molecule has 0 aliphatic heterocycles. The van der Waals surface area contributed by atoms with Gasteiger partial charge >= 0.3 is 0 Å². The van der Waals surface area contributed by atoms with E-state index in [1.54, 1.807) is 108 Å². The summed E-state index contributed by atoms with van der Waals surface area (Å²) in [5, 5.41) is 1.23. The normalized spacial score (nSPS) is 16.9. The van der Waals surface area contributed by atoms with E-state index < -0.39 is 55.9 Å². The van der Waals surface area contributed by atoms with Crippen LogP contribution < -0.4 is 0 Å². The summed E-state index contributed by atoms with van der Waals surface area (Å²) in [7, 11) is 0. The number of fused-ring (bicyclic) bond motifs is 3. The van der Waals surface area contributed by atoms with Gasteiger partial charge in [-0.25, -0.2) is 4.98 Å². The first-order valence-electron chi connectivity index (χ1n) is 27.3. The van der Waals surface area contributed by atoms with Gasteiger partial charge in [0.2, 0.25) is 5.71 Å². The van der Waals surface area contributed by atoms with Crippen LogP contribution in [0.25, 0.3) is 55.7 Å². The zero-order valence-corrected chi connectivity index (χ0v) is 38.0. The fourth-order valence-corrected chi connectivity index (χ4v) is 6.98. The Morgan fingerprint density at radius 1 is 0.639 bits per heavy atom. The van der Waals surface area contributed by atoms with Gasteiger partial charge in [-0.3, -0.25) is 0 Å². The minimum atomic E-state index is -2.61. The summed E-state index contributed by atoms with van der Waals surface area (Å²) in [6.45, 7) is 6.96. The van der Waals surface area contributed by atoms with Crippen LogP contribution in [0.1, 0.15) is 115 Å². The average molecular weight is 997 g/mol. The van der Waals surface area contributed by atoms with E-state index >= 15 is 0 Å². The smallest absolute Gasteiger partial charge is 0.216 e. The molecule has 8 aromatic rings. The molecule has 0 atom stereocenters. The number of pyridine rings is 3. The number of aryl methyl sites for hydroxylation is 3. The topological polar surface area (TPSA) is 51.8 Å². The number of hydrogen-bond acceptors (Lipinski definition) is 4. The second-order valence-corrected chi connectivity index (χ2v) is 17.4. The standard InChI is InChI=1S/C33H35N2O.C23H24N.Ir/c1-21-20-34-29(27-10-8-9-25-26-16-11-22(2)35-31(26)36-30(25)27)17-28(21)33(6,7)19-24-14-12-23(13-15-24)18-32(3,4)5;1-17-10-12-20(14-21(17)19-8-6-5-7-9-19)22-13-11-18(16-24-22)15-23(2,3)4;/h8-9,11-17,20H,18-19H2,1-7H3;5-11,13-14,16H,15H2,1-4H3;/q2*-1;/i1D3,2D3,18D2,19D2;1D3,15D2;. The molecule has 4 heterocycles. The van der Waals surface area contributed by atoms with Gasteiger partial charge in [0.1, 0.15) is 0 Å². The minimum Gasteiger partial charge on any atom is -0.486 e. The molecule has 0 N–H and O–H groups in total. The third-order valence-electron chi connectivity index (χ3n) is 9.59. The molecule has 61 heavy (non-hydrogen) atoms. The van der Waals surface area contributed by atoms with Crippen molar-refractivity contribution in [3.8, 4) is 33.6 Å². The quantitative estimate of drug-likeness (QED) is 0.142. The van der Waals surface area contributed by atoms with E-state index in [-0.39, 0.29) is 53.8 Å². The van der Waals surface area contributed by atoms with Gasteiger partial charge in [-0.05, 0) is 106 Å². The van der Waals surface area contributed by atoms with E-state index in [1.807, 2.05) is 51.1 Å². The van der Waals surface area contributed by atoms with Crippen LogP contribution >= 0.6 is 0 Å². The molecule has 4 aromatic carbocycles. The summed E-state index contributed by atoms with van der Waals surface area (Å²) in [5.41, 5.74) is 2.61. The predicted molar refractivity (Wildman–Crippen MR) is 251 cm³/mol. The zero-order valence-electron chi connectivity index (χ0n) is 50.6. The van der Waals surface area contributed by atoms with E-state index in [1.165, 1.54) is 18.3 Å². The van der Waals surface area contributed by atoms with Crippen molar-refractivity contribution in [2.45, 2.75) is 100 Å². The second-order valence-electron chi connectivity index (χ2n) is 17.4. The van der Waals surface area contributed by atoms with Gasteiger partial charge < -0.3 is 14.4 Å². The van der Waals surface area contributed by atoms with Crippen LogP contribution in [0.15, 0.2) is 126 Å². The Bertz CT molecular complexity index is 3350. The molecular weight excluding hydrogens is 923 g/mol. The Balaban J connectivity index is 0.000000269. The summed E-state index contributed by atoms with van der Waals surface area (Å²) < 4.78 is 130. The summed E-state index contributed by atoms with van der Waals surface area (Å²) in [6, 6.07) is 36.6. The molecule has 0 aliphatic rings. The maximum Gasteiger partial charge on any atom is 0.216 e. The number of nitrogens with zero attached hydrogens (tertiary/aromatic N) is 3. The SMILES string of the molecule is [2H]C([2H])([2H])c1c[c-]c(-c2ccc(C([2H])([2H])C(C)(C)C)cn2)cc1-c1ccccc1.[2H]C([2H])([2H])c1ccc2c(n1)oc1c(-c3cc(C(C)(C)C([2H])([2H])c4ccc(C([2H])([2H])C(C)(C)C)cc4)c(C([2H])([2H])[2H])cn3)[c-]ccc12.[Ir]. The van der Waals surface area contributed by atoms with Crippen molar-refractivity contribution in [3.05, 3.63) is 173 Å². The zero-order chi connectivity index (χ0) is 55.7. The van der Waals surface area contributed by atoms with Crippen molar-refractivity contribution < 1.29 is 45.1 Å². The van der Waals surface area contributed by atoms with Crippen molar-refractivity contribution in [1.82, 2.24) is 15.0 Å². The fourth-order valence-electron chi connectivity index (χ4n) is 6.98. The van der Waals surface area contributed by atoms with Crippen LogP contribution in [0.5, 0.6) is 0 Å². The number of rotatable bonds is 8. The van der Waals surface area contributed by atoms with Gasteiger partial charge in [-0.15, -0.1) is 47.5 Å². The van der Waals surface area contributed by atoms with Gasteiger partial charge in [-0.1, -0.05) is 152 Å². The Hall–Kier alpha value is -5.22. The number of benzene rings is 4. The summed E-state index contributed by atoms with van der Waals surface area (Å²) in [5.74, 6) is 0. The molecular formula is C56H59IrN3O-2. The second kappa shape index (κ2) is 18.4. The molecule has 0 amide bonds. The first-order valence-corrected chi connectivity index (χ1v) is 19.8. The van der Waals surface area contributed by atoms with Gasteiger partial charge in [0, 0.05) is 64.1 Å². The van der Waals surface area contributed by atoms with Crippen LogP contribution in [-0.4, -0.2) is 15.0 Å². The van der Waals surface area contributed by atoms with E-state index in [0.717, 1.165) is 5.56 Å². The molecule has 0 saturated carbocycles. The largest absolute Gasteiger partial charge is 0.486 e. The van der Waals surface area contributed by atoms with Gasteiger partial charge in [-0.2, -0.15) is 0 Å².